The van der Waals surface area contributed by atoms with Crippen LogP contribution in [-0.2, 0) is 21.0 Å². The van der Waals surface area contributed by atoms with Gasteiger partial charge in [-0.3, -0.25) is 0 Å². The van der Waals surface area contributed by atoms with Crippen molar-refractivity contribution in [3.05, 3.63) is 64.2 Å². The van der Waals surface area contributed by atoms with Crippen molar-refractivity contribution in [1.29, 1.82) is 0 Å². The molecule has 0 radical (unpaired) electrons. The van der Waals surface area contributed by atoms with Gasteiger partial charge in [0.25, 0.3) is 0 Å². The predicted octanol–water partition coefficient (Wildman–Crippen LogP) is 10.3. The van der Waals surface area contributed by atoms with Gasteiger partial charge >= 0.3 is 0 Å². The van der Waals surface area contributed by atoms with E-state index in [0.29, 0.717) is 6.61 Å². The van der Waals surface area contributed by atoms with Gasteiger partial charge in [-0.25, -0.2) is 0 Å². The lowest BCUT2D eigenvalue weighted by atomic mass is 9.69. The predicted molar refractivity (Wildman–Crippen MR) is 178 cm³/mol. The Morgan fingerprint density at radius 2 is 1.51 bits per heavy atom. The standard InChI is InChI=1S/C37H60O3Si/c1-13-37(14-2,31-20-21-33(28(4)25-31)39-26-32-16-15-23-38-32)30-19-17-29(27(3)24-30)18-22-34(35(5,6)7)40-41(11,12)36(8,9)10/h17,19-21,24-25,32,34H,13-16,18,22-23,26H2,1-12H3. The molecule has 0 spiro atoms. The summed E-state index contributed by atoms with van der Waals surface area (Å²) in [5, 5.41) is 0.213. The molecule has 0 N–H and O–H groups in total. The van der Waals surface area contributed by atoms with E-state index in [4.69, 9.17) is 13.9 Å². The number of benzene rings is 2. The lowest BCUT2D eigenvalue weighted by Gasteiger charge is -2.43. The van der Waals surface area contributed by atoms with E-state index >= 15 is 0 Å². The Morgan fingerprint density at radius 3 is 2.00 bits per heavy atom. The Bertz CT molecular complexity index is 1130. The third-order valence-corrected chi connectivity index (χ3v) is 14.6. The highest BCUT2D eigenvalue weighted by molar-refractivity contribution is 6.74. The van der Waals surface area contributed by atoms with E-state index in [1.54, 1.807) is 0 Å². The molecule has 2 aromatic rings. The number of rotatable bonds is 12. The molecule has 2 aromatic carbocycles. The van der Waals surface area contributed by atoms with Crippen molar-refractivity contribution in [2.45, 2.75) is 144 Å². The van der Waals surface area contributed by atoms with E-state index < -0.39 is 8.32 Å². The topological polar surface area (TPSA) is 27.7 Å². The number of hydrogen-bond acceptors (Lipinski definition) is 3. The summed E-state index contributed by atoms with van der Waals surface area (Å²) in [6.07, 6.45) is 6.94. The summed E-state index contributed by atoms with van der Waals surface area (Å²) in [7, 11) is -1.85. The van der Waals surface area contributed by atoms with Gasteiger partial charge in [-0.05, 0) is 110 Å². The molecule has 1 heterocycles. The minimum absolute atomic E-state index is 0.0134. The van der Waals surface area contributed by atoms with Gasteiger partial charge in [-0.15, -0.1) is 0 Å². The Hall–Kier alpha value is -1.62. The van der Waals surface area contributed by atoms with Gasteiger partial charge < -0.3 is 13.9 Å². The van der Waals surface area contributed by atoms with Crippen molar-refractivity contribution in [2.24, 2.45) is 5.41 Å². The van der Waals surface area contributed by atoms with Crippen LogP contribution in [0.2, 0.25) is 18.1 Å². The highest BCUT2D eigenvalue weighted by Gasteiger charge is 2.41. The van der Waals surface area contributed by atoms with E-state index in [1.165, 1.54) is 27.8 Å². The fraction of sp³-hybridized carbons (Fsp3) is 0.676. The molecule has 0 aromatic heterocycles. The molecule has 0 saturated carbocycles. The van der Waals surface area contributed by atoms with Crippen molar-refractivity contribution in [1.82, 2.24) is 0 Å². The Balaban J connectivity index is 1.81. The van der Waals surface area contributed by atoms with E-state index in [2.05, 4.69) is 119 Å². The molecule has 0 aliphatic carbocycles. The summed E-state index contributed by atoms with van der Waals surface area (Å²) < 4.78 is 18.9. The van der Waals surface area contributed by atoms with Gasteiger partial charge in [-0.2, -0.15) is 0 Å². The fourth-order valence-corrected chi connectivity index (χ4v) is 7.60. The van der Waals surface area contributed by atoms with Gasteiger partial charge in [0.15, 0.2) is 8.32 Å². The second-order valence-corrected chi connectivity index (χ2v) is 19.9. The van der Waals surface area contributed by atoms with Crippen LogP contribution in [0.15, 0.2) is 36.4 Å². The highest BCUT2D eigenvalue weighted by atomic mass is 28.4. The summed E-state index contributed by atoms with van der Waals surface area (Å²) in [6.45, 7) is 29.4. The summed E-state index contributed by atoms with van der Waals surface area (Å²) in [4.78, 5) is 0. The summed E-state index contributed by atoms with van der Waals surface area (Å²) in [6, 6.07) is 14.1. The average Bonchev–Trinajstić information content (AvgIpc) is 3.40. The molecule has 3 nitrogen and oxygen atoms in total. The molecule has 41 heavy (non-hydrogen) atoms. The van der Waals surface area contributed by atoms with Crippen LogP contribution in [0, 0.1) is 19.3 Å². The van der Waals surface area contributed by atoms with Crippen LogP contribution in [-0.4, -0.2) is 33.7 Å². The monoisotopic (exact) mass is 580 g/mol. The minimum Gasteiger partial charge on any atom is -0.491 e. The third-order valence-electron chi connectivity index (χ3n) is 10.2. The quantitative estimate of drug-likeness (QED) is 0.234. The van der Waals surface area contributed by atoms with E-state index in [-0.39, 0.29) is 28.1 Å². The second-order valence-electron chi connectivity index (χ2n) is 15.1. The van der Waals surface area contributed by atoms with Crippen molar-refractivity contribution < 1.29 is 13.9 Å². The van der Waals surface area contributed by atoms with Crippen LogP contribution in [0.4, 0.5) is 0 Å². The molecule has 4 heteroatoms. The van der Waals surface area contributed by atoms with Crippen LogP contribution in [0.1, 0.15) is 115 Å². The zero-order valence-corrected chi connectivity index (χ0v) is 29.5. The summed E-state index contributed by atoms with van der Waals surface area (Å²) >= 11 is 0. The van der Waals surface area contributed by atoms with Crippen LogP contribution < -0.4 is 4.74 Å². The zero-order chi connectivity index (χ0) is 30.6. The largest absolute Gasteiger partial charge is 0.491 e. The maximum Gasteiger partial charge on any atom is 0.192 e. The first-order valence-corrected chi connectivity index (χ1v) is 19.1. The van der Waals surface area contributed by atoms with Crippen LogP contribution in [0.25, 0.3) is 0 Å². The second kappa shape index (κ2) is 13.3. The Morgan fingerprint density at radius 1 is 0.902 bits per heavy atom. The maximum atomic E-state index is 6.99. The lowest BCUT2D eigenvalue weighted by Crippen LogP contribution is -2.47. The molecule has 0 amide bonds. The molecule has 3 rings (SSSR count). The van der Waals surface area contributed by atoms with Gasteiger partial charge in [0.2, 0.25) is 0 Å². The fourth-order valence-electron chi connectivity index (χ4n) is 6.06. The van der Waals surface area contributed by atoms with Crippen LogP contribution >= 0.6 is 0 Å². The summed E-state index contributed by atoms with van der Waals surface area (Å²) in [5.41, 5.74) is 6.93. The minimum atomic E-state index is -1.85. The maximum absolute atomic E-state index is 6.99. The number of aryl methyl sites for hydroxylation is 3. The molecule has 2 unspecified atom stereocenters. The first kappa shape index (κ1) is 33.9. The van der Waals surface area contributed by atoms with Gasteiger partial charge in [0.1, 0.15) is 12.4 Å². The molecule has 1 fully saturated rings. The molecule has 2 atom stereocenters. The third kappa shape index (κ3) is 8.06. The van der Waals surface area contributed by atoms with Crippen molar-refractivity contribution >= 4 is 8.32 Å². The SMILES string of the molecule is CCC(CC)(c1ccc(CCC(O[Si](C)(C)C(C)(C)C)C(C)(C)C)c(C)c1)c1ccc(OCC2CCCO2)c(C)c1. The highest BCUT2D eigenvalue weighted by Crippen LogP contribution is 2.42. The summed E-state index contributed by atoms with van der Waals surface area (Å²) in [5.74, 6) is 0.977. The Kier molecular flexibility index (Phi) is 11.0. The van der Waals surface area contributed by atoms with Crippen molar-refractivity contribution in [3.8, 4) is 5.75 Å². The number of hydrogen-bond donors (Lipinski definition) is 0. The zero-order valence-electron chi connectivity index (χ0n) is 28.5. The van der Waals surface area contributed by atoms with E-state index in [9.17, 15) is 0 Å². The van der Waals surface area contributed by atoms with Crippen LogP contribution in [0.3, 0.4) is 0 Å². The molecule has 1 aliphatic heterocycles. The van der Waals surface area contributed by atoms with Crippen molar-refractivity contribution in [3.63, 3.8) is 0 Å². The van der Waals surface area contributed by atoms with E-state index in [0.717, 1.165) is 50.9 Å². The lowest BCUT2D eigenvalue weighted by molar-refractivity contribution is 0.0657. The van der Waals surface area contributed by atoms with Gasteiger partial charge in [0, 0.05) is 12.0 Å². The molecule has 230 valence electrons. The van der Waals surface area contributed by atoms with Crippen molar-refractivity contribution in [2.75, 3.05) is 13.2 Å². The van der Waals surface area contributed by atoms with E-state index in [1.807, 2.05) is 0 Å². The molecule has 0 bridgehead atoms. The average molecular weight is 581 g/mol. The first-order chi connectivity index (χ1) is 19.0. The number of ether oxygens (including phenoxy) is 2. The van der Waals surface area contributed by atoms with Gasteiger partial charge in [0.05, 0.1) is 12.2 Å². The van der Waals surface area contributed by atoms with Gasteiger partial charge in [-0.1, -0.05) is 85.7 Å². The van der Waals surface area contributed by atoms with Crippen LogP contribution in [0.5, 0.6) is 5.75 Å². The normalized spacial score (nSPS) is 17.6. The molecular formula is C37H60O3Si. The Labute approximate surface area is 253 Å². The molecule has 1 aliphatic rings. The molecule has 1 saturated heterocycles. The molecular weight excluding hydrogens is 520 g/mol. The smallest absolute Gasteiger partial charge is 0.192 e. The first-order valence-electron chi connectivity index (χ1n) is 16.2.